The number of hydrogen-bond donors (Lipinski definition) is 1. The first-order valence-corrected chi connectivity index (χ1v) is 3.56. The molecule has 1 fully saturated rings. The fourth-order valence-corrected chi connectivity index (χ4v) is 0.588. The first-order valence-electron chi connectivity index (χ1n) is 2.00. The molecule has 1 rings (SSSR count). The van der Waals surface area contributed by atoms with E-state index in [-0.39, 0.29) is 12.4 Å². The molecule has 0 aromatic heterocycles. The van der Waals surface area contributed by atoms with E-state index in [1.165, 1.54) is 12.8 Å². The van der Waals surface area contributed by atoms with Crippen LogP contribution in [0.2, 0.25) is 0 Å². The molecule has 1 aliphatic carbocycles. The molecular formula is C3H7ClKN. The summed E-state index contributed by atoms with van der Waals surface area (Å²) in [5.74, 6) is 0. The van der Waals surface area contributed by atoms with Gasteiger partial charge >= 0.3 is 67.2 Å². The minimum atomic E-state index is 0. The van der Waals surface area contributed by atoms with E-state index in [0.29, 0.717) is -0.367 Å². The summed E-state index contributed by atoms with van der Waals surface area (Å²) in [6, 6.07) is 0. The first kappa shape index (κ1) is 7.89. The van der Waals surface area contributed by atoms with Crippen molar-refractivity contribution in [1.29, 1.82) is 0 Å². The molecule has 0 aromatic carbocycles. The van der Waals surface area contributed by atoms with Gasteiger partial charge in [0.1, 0.15) is 0 Å². The van der Waals surface area contributed by atoms with Crippen molar-refractivity contribution < 1.29 is 0 Å². The van der Waals surface area contributed by atoms with Gasteiger partial charge < -0.3 is 0 Å². The van der Waals surface area contributed by atoms with Crippen molar-refractivity contribution in [3.8, 4) is 0 Å². The van der Waals surface area contributed by atoms with Gasteiger partial charge in [-0.15, -0.1) is 12.4 Å². The van der Waals surface area contributed by atoms with Crippen LogP contribution in [-0.2, 0) is 0 Å². The Labute approximate surface area is 78.0 Å². The zero-order valence-electron chi connectivity index (χ0n) is 3.90. The molecule has 1 saturated carbocycles. The fraction of sp³-hybridized carbons (Fsp3) is 1.00. The monoisotopic (exact) mass is 131 g/mol. The van der Waals surface area contributed by atoms with Gasteiger partial charge in [-0.2, -0.15) is 0 Å². The van der Waals surface area contributed by atoms with Crippen molar-refractivity contribution in [2.45, 2.75) is 12.5 Å². The topological polar surface area (TPSA) is 26.0 Å². The summed E-state index contributed by atoms with van der Waals surface area (Å²) in [4.78, 5) is 0. The molecule has 0 aliphatic heterocycles. The Balaban J connectivity index is 0.000000250. The zero-order valence-corrected chi connectivity index (χ0v) is 7.84. The van der Waals surface area contributed by atoms with Gasteiger partial charge in [-0.3, -0.25) is 0 Å². The van der Waals surface area contributed by atoms with Gasteiger partial charge in [-0.05, 0) is 0 Å². The van der Waals surface area contributed by atoms with E-state index in [1.807, 2.05) is 0 Å². The number of nitrogens with two attached hydrogens (primary N) is 1. The molecule has 3 heteroatoms. The summed E-state index contributed by atoms with van der Waals surface area (Å²) >= 11 is 0.889. The molecule has 32 valence electrons. The Hall–Kier alpha value is 1.89. The molecule has 0 aromatic rings. The van der Waals surface area contributed by atoms with Crippen molar-refractivity contribution in [3.05, 3.63) is 0 Å². The summed E-state index contributed by atoms with van der Waals surface area (Å²) < 4.78 is 0.438. The molecule has 0 amide bonds. The third kappa shape index (κ3) is 2.96. The third-order valence-corrected chi connectivity index (χ3v) is 2.60. The zero-order chi connectivity index (χ0) is 3.91. The van der Waals surface area contributed by atoms with E-state index >= 15 is 0 Å². The van der Waals surface area contributed by atoms with E-state index in [2.05, 4.69) is 0 Å². The van der Waals surface area contributed by atoms with E-state index in [1.54, 1.807) is 0 Å². The average Bonchev–Trinajstić information content (AvgIpc) is 1.76. The van der Waals surface area contributed by atoms with Crippen LogP contribution in [-0.4, -0.2) is 48.6 Å². The third-order valence-electron chi connectivity index (χ3n) is 1.04. The molecule has 6 heavy (non-hydrogen) atoms. The van der Waals surface area contributed by atoms with Gasteiger partial charge in [0.15, 0.2) is 0 Å². The molecule has 0 heterocycles. The average molecular weight is 132 g/mol. The van der Waals surface area contributed by atoms with Crippen molar-refractivity contribution in [3.63, 3.8) is 0 Å². The van der Waals surface area contributed by atoms with Gasteiger partial charge in [-0.1, -0.05) is 0 Å². The molecular weight excluding hydrogens is 125 g/mol. The molecule has 0 atom stereocenters. The van der Waals surface area contributed by atoms with E-state index < -0.39 is 0 Å². The molecule has 0 bridgehead atoms. The van der Waals surface area contributed by atoms with Gasteiger partial charge in [0.05, 0.1) is 0 Å². The van der Waals surface area contributed by atoms with Gasteiger partial charge in [0.2, 0.25) is 0 Å². The maximum absolute atomic E-state index is 5.55. The second kappa shape index (κ2) is 2.44. The molecule has 2 N–H and O–H groups in total. The normalized spacial score (nSPS) is 25.2. The second-order valence-corrected chi connectivity index (χ2v) is 5.26. The van der Waals surface area contributed by atoms with Crippen molar-refractivity contribution in [1.82, 2.24) is 0 Å². The van der Waals surface area contributed by atoms with Gasteiger partial charge in [0.25, 0.3) is 0 Å². The summed E-state index contributed by atoms with van der Waals surface area (Å²) in [5.41, 5.74) is 5.55. The molecule has 1 aliphatic rings. The van der Waals surface area contributed by atoms with Crippen molar-refractivity contribution >= 4 is 61.4 Å². The van der Waals surface area contributed by atoms with Crippen LogP contribution < -0.4 is 5.73 Å². The molecule has 0 radical (unpaired) electrons. The SMILES string of the molecule is Cl.N[C]1([K])CC1. The van der Waals surface area contributed by atoms with Crippen LogP contribution in [0.15, 0.2) is 0 Å². The fourth-order valence-electron chi connectivity index (χ4n) is 0.197. The summed E-state index contributed by atoms with van der Waals surface area (Å²) in [6.07, 6.45) is 2.62. The molecule has 0 saturated heterocycles. The number of halogens is 1. The van der Waals surface area contributed by atoms with Crippen LogP contribution in [0.5, 0.6) is 0 Å². The first-order chi connectivity index (χ1) is 2.21. The van der Waals surface area contributed by atoms with Crippen LogP contribution >= 0.6 is 12.4 Å². The van der Waals surface area contributed by atoms with Crippen LogP contribution in [0, 0.1) is 0 Å². The predicted molar refractivity (Wildman–Crippen MR) is 29.2 cm³/mol. The van der Waals surface area contributed by atoms with E-state index in [4.69, 9.17) is 5.73 Å². The Morgan fingerprint density at radius 2 is 1.67 bits per heavy atom. The summed E-state index contributed by atoms with van der Waals surface area (Å²) in [7, 11) is 0. The number of hydrogen-bond acceptors (Lipinski definition) is 1. The van der Waals surface area contributed by atoms with Crippen LogP contribution in [0.4, 0.5) is 0 Å². The quantitative estimate of drug-likeness (QED) is 0.461. The molecule has 0 unspecified atom stereocenters. The van der Waals surface area contributed by atoms with Gasteiger partial charge in [0, 0.05) is 0 Å². The standard InChI is InChI=1S/C3H6N.ClH.K/c4-3-1-2-3;;/h1-2,4H2;1H;. The Kier molecular flexibility index (Phi) is 3.21. The summed E-state index contributed by atoms with van der Waals surface area (Å²) in [6.45, 7) is 0. The van der Waals surface area contributed by atoms with Crippen LogP contribution in [0.1, 0.15) is 12.8 Å². The maximum atomic E-state index is 5.55. The van der Waals surface area contributed by atoms with E-state index in [9.17, 15) is 0 Å². The van der Waals surface area contributed by atoms with Crippen molar-refractivity contribution in [2.24, 2.45) is 5.73 Å². The Morgan fingerprint density at radius 3 is 1.67 bits per heavy atom. The minimum absolute atomic E-state index is 0. The number of rotatable bonds is 0. The molecule has 0 spiro atoms. The second-order valence-electron chi connectivity index (χ2n) is 2.15. The van der Waals surface area contributed by atoms with Crippen LogP contribution in [0.25, 0.3) is 0 Å². The predicted octanol–water partition coefficient (Wildman–Crippen LogP) is 0.0255. The van der Waals surface area contributed by atoms with E-state index in [0.717, 1.165) is 49.0 Å². The summed E-state index contributed by atoms with van der Waals surface area (Å²) in [5, 5.41) is 0. The molecule has 1 nitrogen and oxygen atoms in total. The Morgan fingerprint density at radius 1 is 1.50 bits per heavy atom. The van der Waals surface area contributed by atoms with Gasteiger partial charge in [-0.25, -0.2) is 0 Å². The van der Waals surface area contributed by atoms with Crippen LogP contribution in [0.3, 0.4) is 0 Å². The Bertz CT molecular complexity index is 48.8. The van der Waals surface area contributed by atoms with Crippen molar-refractivity contribution in [2.75, 3.05) is 0 Å².